The summed E-state index contributed by atoms with van der Waals surface area (Å²) in [5.41, 5.74) is 7.95. The number of methoxy groups -OCH3 is 1. The lowest BCUT2D eigenvalue weighted by Gasteiger charge is -2.26. The first-order valence-corrected chi connectivity index (χ1v) is 11.1. The molecule has 0 saturated heterocycles. The summed E-state index contributed by atoms with van der Waals surface area (Å²) >= 11 is 8.01. The molecule has 6 nitrogen and oxygen atoms in total. The van der Waals surface area contributed by atoms with Crippen LogP contribution in [0.5, 0.6) is 0 Å². The monoisotopic (exact) mass is 440 g/mol. The quantitative estimate of drug-likeness (QED) is 0.437. The van der Waals surface area contributed by atoms with Crippen molar-refractivity contribution in [3.63, 3.8) is 0 Å². The summed E-state index contributed by atoms with van der Waals surface area (Å²) < 4.78 is 8.03. The Kier molecular flexibility index (Phi) is 4.87. The topological polar surface area (TPSA) is 82.5 Å². The third-order valence-electron chi connectivity index (χ3n) is 5.97. The second-order valence-corrected chi connectivity index (χ2v) is 9.15. The highest BCUT2D eigenvalue weighted by molar-refractivity contribution is 7.22. The first kappa shape index (κ1) is 19.3. The van der Waals surface area contributed by atoms with Crippen molar-refractivity contribution in [1.29, 1.82) is 0 Å². The first-order chi connectivity index (χ1) is 14.6. The van der Waals surface area contributed by atoms with Gasteiger partial charge in [0.2, 0.25) is 0 Å². The van der Waals surface area contributed by atoms with Gasteiger partial charge in [0.15, 0.2) is 0 Å². The average molecular weight is 441 g/mol. The lowest BCUT2D eigenvalue weighted by Crippen LogP contribution is -2.23. The minimum absolute atomic E-state index is 0.0200. The number of nitrogens with zero attached hydrogens (tertiary/aromatic N) is 3. The summed E-state index contributed by atoms with van der Waals surface area (Å²) in [5, 5.41) is 1.82. The summed E-state index contributed by atoms with van der Waals surface area (Å²) in [4.78, 5) is 22.3. The zero-order valence-corrected chi connectivity index (χ0v) is 18.0. The van der Waals surface area contributed by atoms with Crippen molar-refractivity contribution in [1.82, 2.24) is 14.4 Å². The van der Waals surface area contributed by atoms with Gasteiger partial charge < -0.3 is 10.5 Å². The first-order valence-electron chi connectivity index (χ1n) is 9.95. The van der Waals surface area contributed by atoms with Gasteiger partial charge in [-0.2, -0.15) is 0 Å². The highest BCUT2D eigenvalue weighted by atomic mass is 35.5. The molecule has 8 heteroatoms. The highest BCUT2D eigenvalue weighted by Gasteiger charge is 2.31. The van der Waals surface area contributed by atoms with E-state index in [0.717, 1.165) is 62.7 Å². The van der Waals surface area contributed by atoms with Crippen LogP contribution in [0.3, 0.4) is 0 Å². The number of nitrogens with two attached hydrogens (primary N) is 1. The number of anilines is 1. The molecule has 0 unspecified atom stereocenters. The lowest BCUT2D eigenvalue weighted by molar-refractivity contribution is -0.146. The molecule has 3 heterocycles. The van der Waals surface area contributed by atoms with Crippen molar-refractivity contribution in [3.05, 3.63) is 47.5 Å². The van der Waals surface area contributed by atoms with Crippen LogP contribution < -0.4 is 5.73 Å². The molecule has 0 aliphatic heterocycles. The zero-order valence-electron chi connectivity index (χ0n) is 16.5. The lowest BCUT2D eigenvalue weighted by atomic mass is 9.81. The van der Waals surface area contributed by atoms with Gasteiger partial charge in [-0.1, -0.05) is 23.7 Å². The Morgan fingerprint density at radius 3 is 2.83 bits per heavy atom. The highest BCUT2D eigenvalue weighted by Crippen LogP contribution is 2.42. The van der Waals surface area contributed by atoms with Crippen LogP contribution in [0, 0.1) is 5.92 Å². The van der Waals surface area contributed by atoms with Gasteiger partial charge in [-0.15, -0.1) is 11.3 Å². The maximum Gasteiger partial charge on any atom is 0.308 e. The number of benzene rings is 1. The van der Waals surface area contributed by atoms with E-state index in [2.05, 4.69) is 21.5 Å². The number of nitrogen functional groups attached to an aromatic ring is 1. The van der Waals surface area contributed by atoms with Crippen molar-refractivity contribution < 1.29 is 9.53 Å². The Labute approximate surface area is 182 Å². The number of halogens is 1. The SMILES string of the molecule is COC(=O)C1CCC(c2nc(-c3cc4cccc(Cl)c4s3)c3c(N)nccn23)CC1. The molecular weight excluding hydrogens is 420 g/mol. The van der Waals surface area contributed by atoms with E-state index in [1.54, 1.807) is 17.5 Å². The molecule has 1 aliphatic rings. The van der Waals surface area contributed by atoms with Gasteiger partial charge in [-0.25, -0.2) is 9.97 Å². The van der Waals surface area contributed by atoms with Gasteiger partial charge >= 0.3 is 5.97 Å². The van der Waals surface area contributed by atoms with E-state index in [4.69, 9.17) is 27.1 Å². The van der Waals surface area contributed by atoms with Crippen LogP contribution in [-0.4, -0.2) is 27.4 Å². The fraction of sp³-hybridized carbons (Fsp3) is 0.318. The Bertz CT molecular complexity index is 1260. The van der Waals surface area contributed by atoms with Gasteiger partial charge in [0, 0.05) is 18.3 Å². The fourth-order valence-corrected chi connectivity index (χ4v) is 5.80. The van der Waals surface area contributed by atoms with Crippen molar-refractivity contribution >= 4 is 50.3 Å². The van der Waals surface area contributed by atoms with Crippen LogP contribution in [0.2, 0.25) is 5.02 Å². The van der Waals surface area contributed by atoms with Crippen LogP contribution in [0.1, 0.15) is 37.4 Å². The summed E-state index contributed by atoms with van der Waals surface area (Å²) in [6.07, 6.45) is 7.02. The third kappa shape index (κ3) is 3.13. The molecule has 1 fully saturated rings. The van der Waals surface area contributed by atoms with Crippen molar-refractivity contribution in [2.45, 2.75) is 31.6 Å². The molecule has 0 bridgehead atoms. The standard InChI is InChI=1S/C22H21ClN4O2S/c1-29-22(28)13-7-5-12(6-8-13)21-26-17(18-20(24)25-9-10-27(18)21)16-11-14-3-2-4-15(23)19(14)30-16/h2-4,9-13H,5-8H2,1H3,(H2,24,25). The van der Waals surface area contributed by atoms with Crippen LogP contribution in [0.4, 0.5) is 5.82 Å². The van der Waals surface area contributed by atoms with Gasteiger partial charge in [0.1, 0.15) is 22.9 Å². The maximum atomic E-state index is 11.9. The zero-order chi connectivity index (χ0) is 20.8. The van der Waals surface area contributed by atoms with Crippen molar-refractivity contribution in [2.75, 3.05) is 12.8 Å². The molecule has 1 saturated carbocycles. The predicted molar refractivity (Wildman–Crippen MR) is 120 cm³/mol. The molecule has 0 atom stereocenters. The molecule has 30 heavy (non-hydrogen) atoms. The van der Waals surface area contributed by atoms with Crippen LogP contribution in [0.25, 0.3) is 26.2 Å². The molecule has 0 radical (unpaired) electrons. The van der Waals surface area contributed by atoms with Crippen LogP contribution >= 0.6 is 22.9 Å². The van der Waals surface area contributed by atoms with E-state index in [-0.39, 0.29) is 17.8 Å². The average Bonchev–Trinajstić information content (AvgIpc) is 3.37. The van der Waals surface area contributed by atoms with Crippen LogP contribution in [-0.2, 0) is 9.53 Å². The number of ether oxygens (including phenoxy) is 1. The number of hydrogen-bond acceptors (Lipinski definition) is 6. The number of carbonyl (C=O) groups excluding carboxylic acids is 1. The molecule has 2 N–H and O–H groups in total. The normalized spacial score (nSPS) is 19.4. The minimum atomic E-state index is -0.113. The minimum Gasteiger partial charge on any atom is -0.469 e. The number of carbonyl (C=O) groups is 1. The van der Waals surface area contributed by atoms with Gasteiger partial charge in [-0.05, 0) is 43.2 Å². The molecule has 1 aromatic carbocycles. The molecule has 4 aromatic rings. The Balaban J connectivity index is 1.59. The van der Waals surface area contributed by atoms with Gasteiger partial charge in [0.25, 0.3) is 0 Å². The molecule has 154 valence electrons. The number of rotatable bonds is 3. The van der Waals surface area contributed by atoms with Crippen molar-refractivity contribution in [3.8, 4) is 10.6 Å². The summed E-state index contributed by atoms with van der Waals surface area (Å²) in [6.45, 7) is 0. The second kappa shape index (κ2) is 7.56. The van der Waals surface area contributed by atoms with Crippen LogP contribution in [0.15, 0.2) is 36.7 Å². The summed E-state index contributed by atoms with van der Waals surface area (Å²) in [6, 6.07) is 8.01. The maximum absolute atomic E-state index is 11.9. The fourth-order valence-electron chi connectivity index (χ4n) is 4.45. The third-order valence-corrected chi connectivity index (χ3v) is 7.58. The Hall–Kier alpha value is -2.64. The van der Waals surface area contributed by atoms with Gasteiger partial charge in [0.05, 0.1) is 27.6 Å². The summed E-state index contributed by atoms with van der Waals surface area (Å²) in [7, 11) is 1.45. The smallest absolute Gasteiger partial charge is 0.308 e. The predicted octanol–water partition coefficient (Wildman–Crippen LogP) is 5.29. The number of aromatic nitrogens is 3. The number of thiophene rings is 1. The second-order valence-electron chi connectivity index (χ2n) is 7.69. The number of fused-ring (bicyclic) bond motifs is 2. The molecule has 5 rings (SSSR count). The largest absolute Gasteiger partial charge is 0.469 e. The van der Waals surface area contributed by atoms with E-state index in [1.807, 2.05) is 18.3 Å². The molecule has 0 spiro atoms. The van der Waals surface area contributed by atoms with E-state index in [0.29, 0.717) is 5.82 Å². The molecule has 3 aromatic heterocycles. The molecule has 0 amide bonds. The van der Waals surface area contributed by atoms with E-state index >= 15 is 0 Å². The van der Waals surface area contributed by atoms with E-state index in [1.165, 1.54) is 7.11 Å². The number of imidazole rings is 1. The van der Waals surface area contributed by atoms with Gasteiger partial charge in [-0.3, -0.25) is 9.20 Å². The van der Waals surface area contributed by atoms with E-state index in [9.17, 15) is 4.79 Å². The molecular formula is C22H21ClN4O2S. The summed E-state index contributed by atoms with van der Waals surface area (Å²) in [5.74, 6) is 1.55. The Morgan fingerprint density at radius 1 is 1.30 bits per heavy atom. The van der Waals surface area contributed by atoms with E-state index < -0.39 is 0 Å². The number of esters is 1. The molecule has 1 aliphatic carbocycles. The van der Waals surface area contributed by atoms with Crippen molar-refractivity contribution in [2.24, 2.45) is 5.92 Å². The number of hydrogen-bond donors (Lipinski definition) is 1. The Morgan fingerprint density at radius 2 is 2.10 bits per heavy atom.